The second kappa shape index (κ2) is 5.77. The van der Waals surface area contributed by atoms with Gasteiger partial charge in [0.25, 0.3) is 0 Å². The summed E-state index contributed by atoms with van der Waals surface area (Å²) >= 11 is 7.30. The smallest absolute Gasteiger partial charge is 0.213 e. The van der Waals surface area contributed by atoms with Crippen LogP contribution in [0, 0.1) is 12.7 Å². The summed E-state index contributed by atoms with van der Waals surface area (Å²) in [6, 6.07) is 6.23. The fourth-order valence-electron chi connectivity index (χ4n) is 2.16. The van der Waals surface area contributed by atoms with Crippen molar-refractivity contribution in [3.8, 4) is 0 Å². The van der Waals surface area contributed by atoms with E-state index in [-0.39, 0.29) is 25.6 Å². The van der Waals surface area contributed by atoms with Gasteiger partial charge in [-0.05, 0) is 43.5 Å². The lowest BCUT2D eigenvalue weighted by Crippen LogP contribution is -2.04. The van der Waals surface area contributed by atoms with Gasteiger partial charge in [-0.1, -0.05) is 11.6 Å². The van der Waals surface area contributed by atoms with E-state index < -0.39 is 15.7 Å². The lowest BCUT2D eigenvalue weighted by Gasteiger charge is -2.05. The Morgan fingerprint density at radius 2 is 1.91 bits per heavy atom. The van der Waals surface area contributed by atoms with Crippen molar-refractivity contribution in [2.24, 2.45) is 0 Å². The first-order valence-electron chi connectivity index (χ1n) is 6.45. The van der Waals surface area contributed by atoms with E-state index in [0.717, 1.165) is 12.1 Å². The Balaban J connectivity index is 2.36. The van der Waals surface area contributed by atoms with Crippen molar-refractivity contribution in [2.45, 2.75) is 21.7 Å². The summed E-state index contributed by atoms with van der Waals surface area (Å²) in [4.78, 5) is 4.21. The van der Waals surface area contributed by atoms with Gasteiger partial charge in [0.15, 0.2) is 10.5 Å². The Labute approximate surface area is 141 Å². The lowest BCUT2D eigenvalue weighted by atomic mass is 10.4. The van der Waals surface area contributed by atoms with Gasteiger partial charge in [0, 0.05) is 5.69 Å². The molecule has 0 N–H and O–H groups in total. The molecule has 120 valence electrons. The van der Waals surface area contributed by atoms with E-state index in [1.54, 1.807) is 19.2 Å². The Kier molecular flexibility index (Phi) is 4.07. The second-order valence-electron chi connectivity index (χ2n) is 4.75. The summed E-state index contributed by atoms with van der Waals surface area (Å²) in [7, 11) is -3.91. The van der Waals surface area contributed by atoms with Crippen molar-refractivity contribution < 1.29 is 12.8 Å². The van der Waals surface area contributed by atoms with Crippen LogP contribution in [0.2, 0.25) is 5.15 Å². The van der Waals surface area contributed by atoms with Crippen molar-refractivity contribution in [1.82, 2.24) is 14.6 Å². The number of sulfone groups is 1. The van der Waals surface area contributed by atoms with Crippen LogP contribution in [0.15, 0.2) is 45.1 Å². The van der Waals surface area contributed by atoms with Crippen LogP contribution in [0.3, 0.4) is 0 Å². The molecule has 3 aromatic rings. The van der Waals surface area contributed by atoms with Crippen molar-refractivity contribution in [3.05, 3.63) is 47.0 Å². The second-order valence-corrected chi connectivity index (χ2v) is 7.82. The normalized spacial score (nSPS) is 12.0. The van der Waals surface area contributed by atoms with E-state index in [1.807, 2.05) is 0 Å². The van der Waals surface area contributed by atoms with Crippen LogP contribution in [-0.2, 0) is 9.84 Å². The van der Waals surface area contributed by atoms with Crippen molar-refractivity contribution in [1.29, 1.82) is 0 Å². The number of hydrogen-bond donors (Lipinski definition) is 0. The van der Waals surface area contributed by atoms with Crippen molar-refractivity contribution in [2.75, 3.05) is 6.26 Å². The number of aryl methyl sites for hydroxylation is 1. The molecular weight excluding hydrogens is 361 g/mol. The van der Waals surface area contributed by atoms with Gasteiger partial charge in [-0.3, -0.25) is 0 Å². The van der Waals surface area contributed by atoms with Gasteiger partial charge in [-0.15, -0.1) is 11.8 Å². The van der Waals surface area contributed by atoms with Crippen LogP contribution < -0.4 is 0 Å². The number of aromatic nitrogens is 3. The minimum Gasteiger partial charge on any atom is -0.233 e. The molecule has 0 aliphatic heterocycles. The van der Waals surface area contributed by atoms with Crippen LogP contribution in [0.25, 0.3) is 5.65 Å². The fourth-order valence-corrected chi connectivity index (χ4v) is 4.82. The molecular formula is C14H11ClFN3O2S2. The number of nitrogens with zero attached hydrogens (tertiary/aromatic N) is 3. The molecule has 5 nitrogen and oxygen atoms in total. The minimum absolute atomic E-state index is 0.0245. The van der Waals surface area contributed by atoms with Crippen LogP contribution in [0.4, 0.5) is 4.39 Å². The summed E-state index contributed by atoms with van der Waals surface area (Å²) in [6.45, 7) is 1.71. The molecule has 9 heteroatoms. The Hall–Kier alpha value is -1.64. The number of rotatable bonds is 3. The SMILES string of the molecule is CSc1nn2c(Cl)cc(C)nc2c1S(=O)(=O)c1ccc(F)cc1. The molecule has 0 fully saturated rings. The molecule has 3 rings (SSSR count). The maximum absolute atomic E-state index is 13.1. The first-order valence-corrected chi connectivity index (χ1v) is 9.53. The van der Waals surface area contributed by atoms with Gasteiger partial charge in [0.05, 0.1) is 4.90 Å². The molecule has 0 aliphatic carbocycles. The van der Waals surface area contributed by atoms with Crippen LogP contribution >= 0.6 is 23.4 Å². The quantitative estimate of drug-likeness (QED) is 0.401. The number of thioether (sulfide) groups is 1. The van der Waals surface area contributed by atoms with Gasteiger partial charge in [-0.25, -0.2) is 22.3 Å². The highest BCUT2D eigenvalue weighted by atomic mass is 35.5. The van der Waals surface area contributed by atoms with Gasteiger partial charge >= 0.3 is 0 Å². The lowest BCUT2D eigenvalue weighted by molar-refractivity contribution is 0.593. The molecule has 0 saturated heterocycles. The zero-order valence-corrected chi connectivity index (χ0v) is 14.5. The molecule has 0 bridgehead atoms. The highest BCUT2D eigenvalue weighted by Gasteiger charge is 2.29. The molecule has 1 aromatic carbocycles. The monoisotopic (exact) mass is 371 g/mol. The molecule has 0 saturated carbocycles. The number of fused-ring (bicyclic) bond motifs is 1. The van der Waals surface area contributed by atoms with E-state index in [9.17, 15) is 12.8 Å². The maximum Gasteiger partial charge on any atom is 0.213 e. The Bertz CT molecular complexity index is 1000. The third kappa shape index (κ3) is 2.71. The predicted octanol–water partition coefficient (Wildman–Crippen LogP) is 3.38. The van der Waals surface area contributed by atoms with Crippen molar-refractivity contribution >= 4 is 38.8 Å². The van der Waals surface area contributed by atoms with E-state index in [4.69, 9.17) is 11.6 Å². The topological polar surface area (TPSA) is 64.3 Å². The highest BCUT2D eigenvalue weighted by molar-refractivity contribution is 7.99. The maximum atomic E-state index is 13.1. The predicted molar refractivity (Wildman–Crippen MR) is 86.4 cm³/mol. The largest absolute Gasteiger partial charge is 0.233 e. The standard InChI is InChI=1S/C14H11ClFN3O2S2/c1-8-7-11(15)19-13(17-8)12(14(18-19)22-2)23(20,21)10-5-3-9(16)4-6-10/h3-7H,1-2H3. The highest BCUT2D eigenvalue weighted by Crippen LogP contribution is 2.33. The average Bonchev–Trinajstić information content (AvgIpc) is 2.87. The summed E-state index contributed by atoms with van der Waals surface area (Å²) < 4.78 is 40.3. The Morgan fingerprint density at radius 3 is 2.52 bits per heavy atom. The fraction of sp³-hybridized carbons (Fsp3) is 0.143. The summed E-state index contributed by atoms with van der Waals surface area (Å²) in [5.41, 5.74) is 0.731. The Morgan fingerprint density at radius 1 is 1.26 bits per heavy atom. The number of hydrogen-bond acceptors (Lipinski definition) is 5. The van der Waals surface area contributed by atoms with Gasteiger partial charge in [-0.2, -0.15) is 5.10 Å². The first-order chi connectivity index (χ1) is 10.8. The number of benzene rings is 1. The van der Waals surface area contributed by atoms with Crippen molar-refractivity contribution in [3.63, 3.8) is 0 Å². The van der Waals surface area contributed by atoms with E-state index in [0.29, 0.717) is 5.69 Å². The molecule has 2 aromatic heterocycles. The summed E-state index contributed by atoms with van der Waals surface area (Å²) in [5.74, 6) is -0.508. The number of halogens is 2. The molecule has 0 atom stereocenters. The summed E-state index contributed by atoms with van der Waals surface area (Å²) in [6.07, 6.45) is 1.71. The summed E-state index contributed by atoms with van der Waals surface area (Å²) in [5, 5.41) is 4.77. The molecule has 0 spiro atoms. The molecule has 0 radical (unpaired) electrons. The van der Waals surface area contributed by atoms with Crippen LogP contribution in [0.1, 0.15) is 5.69 Å². The van der Waals surface area contributed by atoms with Crippen LogP contribution in [-0.4, -0.2) is 29.3 Å². The molecule has 23 heavy (non-hydrogen) atoms. The average molecular weight is 372 g/mol. The zero-order chi connectivity index (χ0) is 16.8. The molecule has 0 amide bonds. The molecule has 2 heterocycles. The van der Waals surface area contributed by atoms with E-state index in [1.165, 1.54) is 28.4 Å². The first kappa shape index (κ1) is 16.2. The van der Waals surface area contributed by atoms with Gasteiger partial charge in [0.2, 0.25) is 9.84 Å². The third-order valence-corrected chi connectivity index (χ3v) is 6.06. The van der Waals surface area contributed by atoms with Gasteiger partial charge < -0.3 is 0 Å². The van der Waals surface area contributed by atoms with E-state index >= 15 is 0 Å². The molecule has 0 unspecified atom stereocenters. The van der Waals surface area contributed by atoms with E-state index in [2.05, 4.69) is 10.1 Å². The third-order valence-electron chi connectivity index (χ3n) is 3.19. The van der Waals surface area contributed by atoms with Gasteiger partial charge in [0.1, 0.15) is 16.0 Å². The minimum atomic E-state index is -3.91. The zero-order valence-electron chi connectivity index (χ0n) is 12.1. The van der Waals surface area contributed by atoms with Crippen LogP contribution in [0.5, 0.6) is 0 Å². The molecule has 0 aliphatic rings.